The molecule has 5 rings (SSSR count). The maximum Gasteiger partial charge on any atom is 0.261 e. The number of fused-ring (bicyclic) bond motifs is 1. The molecule has 10 heteroatoms. The lowest BCUT2D eigenvalue weighted by Crippen LogP contribution is -2.16. The molecule has 200 valence electrons. The highest BCUT2D eigenvalue weighted by Gasteiger charge is 2.24. The summed E-state index contributed by atoms with van der Waals surface area (Å²) < 4.78 is 31.5. The zero-order valence-corrected chi connectivity index (χ0v) is 22.0. The molecule has 3 heterocycles. The number of rotatable bonds is 7. The fourth-order valence-electron chi connectivity index (χ4n) is 4.75. The van der Waals surface area contributed by atoms with Gasteiger partial charge in [0.05, 0.1) is 25.4 Å². The second-order valence-electron chi connectivity index (χ2n) is 9.08. The zero-order chi connectivity index (χ0) is 27.7. The first-order chi connectivity index (χ1) is 18.8. The molecular weight excluding hydrogens is 503 g/mol. The molecule has 2 N–H and O–H groups in total. The number of aromatic nitrogens is 3. The van der Waals surface area contributed by atoms with Gasteiger partial charge in [-0.15, -0.1) is 0 Å². The number of aromatic hydroxyl groups is 1. The van der Waals surface area contributed by atoms with Crippen LogP contribution in [-0.2, 0) is 0 Å². The van der Waals surface area contributed by atoms with Gasteiger partial charge in [0, 0.05) is 41.3 Å². The summed E-state index contributed by atoms with van der Waals surface area (Å²) in [5.41, 5.74) is 3.70. The summed E-state index contributed by atoms with van der Waals surface area (Å²) >= 11 is 0. The highest BCUT2D eigenvalue weighted by molar-refractivity contribution is 6.08. The van der Waals surface area contributed by atoms with Gasteiger partial charge in [-0.25, -0.2) is 9.37 Å². The molecule has 0 spiro atoms. The quantitative estimate of drug-likeness (QED) is 0.294. The first-order valence-corrected chi connectivity index (χ1v) is 12.4. The van der Waals surface area contributed by atoms with Crippen LogP contribution >= 0.6 is 0 Å². The number of benzene rings is 1. The summed E-state index contributed by atoms with van der Waals surface area (Å²) in [6.45, 7) is 3.47. The third kappa shape index (κ3) is 4.93. The van der Waals surface area contributed by atoms with E-state index in [4.69, 9.17) is 14.2 Å². The third-order valence-corrected chi connectivity index (χ3v) is 6.55. The summed E-state index contributed by atoms with van der Waals surface area (Å²) in [6, 6.07) is 7.25. The highest BCUT2D eigenvalue weighted by Crippen LogP contribution is 2.39. The number of hydrogen-bond donors (Lipinski definition) is 2. The Kier molecular flexibility index (Phi) is 7.02. The van der Waals surface area contributed by atoms with Gasteiger partial charge in [-0.3, -0.25) is 14.8 Å². The number of allylic oxidation sites excluding steroid dienone is 2. The van der Waals surface area contributed by atoms with Crippen LogP contribution in [0, 0.1) is 19.7 Å². The number of hydrogen-bond acceptors (Lipinski definition) is 8. The molecule has 1 amide bonds. The monoisotopic (exact) mass is 530 g/mol. The minimum Gasteiger partial charge on any atom is -0.506 e. The molecule has 0 saturated carbocycles. The normalized spacial score (nSPS) is 12.8. The Morgan fingerprint density at radius 2 is 1.85 bits per heavy atom. The van der Waals surface area contributed by atoms with Crippen LogP contribution in [0.2, 0.25) is 0 Å². The largest absolute Gasteiger partial charge is 0.506 e. The molecule has 0 bridgehead atoms. The van der Waals surface area contributed by atoms with E-state index in [1.165, 1.54) is 32.5 Å². The van der Waals surface area contributed by atoms with E-state index in [9.17, 15) is 9.90 Å². The average Bonchev–Trinajstić information content (AvgIpc) is 3.43. The fourth-order valence-corrected chi connectivity index (χ4v) is 4.75. The number of carbonyl (C=O) groups is 1. The van der Waals surface area contributed by atoms with Crippen molar-refractivity contribution in [3.63, 3.8) is 0 Å². The van der Waals surface area contributed by atoms with Crippen molar-refractivity contribution in [1.82, 2.24) is 15.0 Å². The number of amides is 1. The van der Waals surface area contributed by atoms with Gasteiger partial charge in [0.1, 0.15) is 16.8 Å². The van der Waals surface area contributed by atoms with E-state index in [0.29, 0.717) is 33.7 Å². The maximum atomic E-state index is 15.1. The lowest BCUT2D eigenvalue weighted by molar-refractivity contribution is 0.102. The van der Waals surface area contributed by atoms with E-state index in [1.807, 2.05) is 6.92 Å². The summed E-state index contributed by atoms with van der Waals surface area (Å²) in [6.07, 6.45) is 6.30. The number of halogens is 1. The van der Waals surface area contributed by atoms with Crippen molar-refractivity contribution in [3.8, 4) is 28.9 Å². The van der Waals surface area contributed by atoms with Gasteiger partial charge < -0.3 is 24.6 Å². The van der Waals surface area contributed by atoms with Crippen molar-refractivity contribution in [2.24, 2.45) is 0 Å². The van der Waals surface area contributed by atoms with Gasteiger partial charge in [0.15, 0.2) is 23.1 Å². The lowest BCUT2D eigenvalue weighted by atomic mass is 9.98. The van der Waals surface area contributed by atoms with Gasteiger partial charge >= 0.3 is 0 Å². The molecule has 1 aliphatic carbocycles. The number of aryl methyl sites for hydroxylation is 2. The van der Waals surface area contributed by atoms with Crippen molar-refractivity contribution in [2.45, 2.75) is 33.1 Å². The fraction of sp³-hybridized carbons (Fsp3) is 0.241. The smallest absolute Gasteiger partial charge is 0.261 e. The van der Waals surface area contributed by atoms with E-state index < -0.39 is 11.7 Å². The topological polar surface area (TPSA) is 116 Å². The summed E-state index contributed by atoms with van der Waals surface area (Å²) in [4.78, 5) is 26.3. The van der Waals surface area contributed by atoms with Crippen LogP contribution in [0.15, 0.2) is 42.6 Å². The average molecular weight is 531 g/mol. The molecule has 3 aromatic heterocycles. The van der Waals surface area contributed by atoms with Gasteiger partial charge in [-0.2, -0.15) is 0 Å². The van der Waals surface area contributed by atoms with Gasteiger partial charge in [0.2, 0.25) is 0 Å². The Morgan fingerprint density at radius 3 is 2.54 bits per heavy atom. The molecule has 0 fully saturated rings. The first-order valence-electron chi connectivity index (χ1n) is 12.4. The number of ether oxygens (including phenoxy) is 3. The van der Waals surface area contributed by atoms with Crippen LogP contribution < -0.4 is 19.5 Å². The Bertz CT molecular complexity index is 1640. The SMILES string of the molecule is COc1cc2nccc(Oc3ccc(NC(=O)c4c(C)nc(C)c(C5=CCCC5)c4O)cc3F)c2nc1OC. The van der Waals surface area contributed by atoms with Crippen LogP contribution in [0.1, 0.15) is 46.6 Å². The minimum atomic E-state index is -0.710. The molecule has 4 aromatic rings. The summed E-state index contributed by atoms with van der Waals surface area (Å²) in [7, 11) is 2.95. The predicted molar refractivity (Wildman–Crippen MR) is 144 cm³/mol. The first kappa shape index (κ1) is 25.9. The number of carbonyl (C=O) groups excluding carboxylic acids is 1. The second-order valence-corrected chi connectivity index (χ2v) is 9.08. The van der Waals surface area contributed by atoms with Gasteiger partial charge in [-0.05, 0) is 50.8 Å². The van der Waals surface area contributed by atoms with E-state index in [2.05, 4.69) is 26.3 Å². The molecule has 0 atom stereocenters. The number of methoxy groups -OCH3 is 2. The van der Waals surface area contributed by atoms with Crippen LogP contribution in [0.25, 0.3) is 16.6 Å². The molecule has 39 heavy (non-hydrogen) atoms. The van der Waals surface area contributed by atoms with Crippen molar-refractivity contribution in [3.05, 3.63) is 70.9 Å². The molecule has 9 nitrogen and oxygen atoms in total. The molecule has 0 unspecified atom stereocenters. The molecule has 1 aliphatic rings. The molecule has 1 aromatic carbocycles. The molecule has 0 aliphatic heterocycles. The number of nitrogens with zero attached hydrogens (tertiary/aromatic N) is 3. The minimum absolute atomic E-state index is 0.0582. The summed E-state index contributed by atoms with van der Waals surface area (Å²) in [5.74, 6) is -0.597. The van der Waals surface area contributed by atoms with E-state index in [-0.39, 0.29) is 34.4 Å². The maximum absolute atomic E-state index is 15.1. The Morgan fingerprint density at radius 1 is 1.03 bits per heavy atom. The Labute approximate surface area is 224 Å². The van der Waals surface area contributed by atoms with Gasteiger partial charge in [0.25, 0.3) is 11.8 Å². The van der Waals surface area contributed by atoms with Crippen molar-refractivity contribution in [2.75, 3.05) is 19.5 Å². The van der Waals surface area contributed by atoms with Gasteiger partial charge in [-0.1, -0.05) is 6.08 Å². The van der Waals surface area contributed by atoms with Crippen LogP contribution in [0.5, 0.6) is 28.9 Å². The van der Waals surface area contributed by atoms with E-state index in [1.54, 1.807) is 19.1 Å². The zero-order valence-electron chi connectivity index (χ0n) is 22.0. The second kappa shape index (κ2) is 10.6. The number of nitrogens with one attached hydrogen (secondary N) is 1. The molecule has 0 saturated heterocycles. The number of pyridine rings is 3. The number of anilines is 1. The van der Waals surface area contributed by atoms with Crippen molar-refractivity contribution in [1.29, 1.82) is 0 Å². The third-order valence-electron chi connectivity index (χ3n) is 6.55. The Hall–Kier alpha value is -4.73. The highest BCUT2D eigenvalue weighted by atomic mass is 19.1. The van der Waals surface area contributed by atoms with E-state index in [0.717, 1.165) is 30.9 Å². The predicted octanol–water partition coefficient (Wildman–Crippen LogP) is 6.12. The van der Waals surface area contributed by atoms with Crippen LogP contribution in [0.4, 0.5) is 10.1 Å². The molecular formula is C29H27FN4O5. The Balaban J connectivity index is 1.41. The molecule has 0 radical (unpaired) electrons. The lowest BCUT2D eigenvalue weighted by Gasteiger charge is -2.16. The van der Waals surface area contributed by atoms with Crippen LogP contribution in [-0.4, -0.2) is 40.2 Å². The van der Waals surface area contributed by atoms with E-state index >= 15 is 4.39 Å². The van der Waals surface area contributed by atoms with Crippen LogP contribution in [0.3, 0.4) is 0 Å². The standard InChI is InChI=1S/C29H27FN4O5/c1-15-24(17-7-5-6-8-17)27(35)25(16(2)32-15)28(36)33-18-9-10-21(19(30)13-18)39-22-11-12-31-20-14-23(37-3)29(38-4)34-26(20)22/h7,9-14H,5-6,8H2,1-4H3,(H,32,35)(H,33,36). The van der Waals surface area contributed by atoms with Crippen molar-refractivity contribution >= 4 is 28.2 Å². The van der Waals surface area contributed by atoms with Crippen molar-refractivity contribution < 1.29 is 28.5 Å². The summed E-state index contributed by atoms with van der Waals surface area (Å²) in [5, 5.41) is 13.7.